The predicted molar refractivity (Wildman–Crippen MR) is 115 cm³/mol. The molecule has 2 aromatic carbocycles. The number of nitrogens with zero attached hydrogens (tertiary/aromatic N) is 3. The normalized spacial score (nSPS) is 16.2. The van der Waals surface area contributed by atoms with Crippen LogP contribution in [0.5, 0.6) is 0 Å². The Morgan fingerprint density at radius 3 is 2.55 bits per heavy atom. The van der Waals surface area contributed by atoms with E-state index in [2.05, 4.69) is 15.2 Å². The Bertz CT molecular complexity index is 1170. The van der Waals surface area contributed by atoms with Crippen molar-refractivity contribution in [2.75, 3.05) is 38.5 Å². The number of fused-ring (bicyclic) bond motifs is 1. The SMILES string of the molecule is Cc1ccccc1C(=O)Nc1nc2ccc(S(=O)(=O)N3CCN(C)CC3)cc2s1. The first-order chi connectivity index (χ1) is 13.8. The van der Waals surface area contributed by atoms with E-state index in [1.807, 2.05) is 32.2 Å². The molecule has 0 saturated carbocycles. The van der Waals surface area contributed by atoms with Gasteiger partial charge in [0.25, 0.3) is 5.91 Å². The molecular weight excluding hydrogens is 408 g/mol. The average Bonchev–Trinajstić information content (AvgIpc) is 3.10. The minimum absolute atomic E-state index is 0.229. The summed E-state index contributed by atoms with van der Waals surface area (Å²) in [4.78, 5) is 19.3. The van der Waals surface area contributed by atoms with E-state index in [0.717, 1.165) is 23.4 Å². The molecule has 1 fully saturated rings. The molecule has 4 rings (SSSR count). The van der Waals surface area contributed by atoms with Crippen molar-refractivity contribution in [1.82, 2.24) is 14.2 Å². The van der Waals surface area contributed by atoms with E-state index < -0.39 is 10.0 Å². The number of hydrogen-bond donors (Lipinski definition) is 1. The monoisotopic (exact) mass is 430 g/mol. The Balaban J connectivity index is 1.58. The highest BCUT2D eigenvalue weighted by molar-refractivity contribution is 7.89. The van der Waals surface area contributed by atoms with Crippen molar-refractivity contribution in [3.05, 3.63) is 53.6 Å². The van der Waals surface area contributed by atoms with Crippen LogP contribution in [0.15, 0.2) is 47.4 Å². The van der Waals surface area contributed by atoms with Gasteiger partial charge < -0.3 is 4.90 Å². The van der Waals surface area contributed by atoms with Crippen molar-refractivity contribution < 1.29 is 13.2 Å². The van der Waals surface area contributed by atoms with Crippen molar-refractivity contribution in [2.45, 2.75) is 11.8 Å². The maximum absolute atomic E-state index is 13.0. The summed E-state index contributed by atoms with van der Waals surface area (Å²) in [6.07, 6.45) is 0. The molecule has 0 radical (unpaired) electrons. The van der Waals surface area contributed by atoms with Gasteiger partial charge >= 0.3 is 0 Å². The second-order valence-corrected chi connectivity index (χ2v) is 10.1. The maximum Gasteiger partial charge on any atom is 0.257 e. The molecule has 1 aliphatic heterocycles. The lowest BCUT2D eigenvalue weighted by Crippen LogP contribution is -2.46. The van der Waals surface area contributed by atoms with Crippen molar-refractivity contribution in [1.29, 1.82) is 0 Å². The number of carbonyl (C=O) groups excluding carboxylic acids is 1. The van der Waals surface area contributed by atoms with E-state index in [0.29, 0.717) is 29.3 Å². The highest BCUT2D eigenvalue weighted by Crippen LogP contribution is 2.30. The number of likely N-dealkylation sites (N-methyl/N-ethyl adjacent to an activating group) is 1. The van der Waals surface area contributed by atoms with Gasteiger partial charge in [0.1, 0.15) is 0 Å². The predicted octanol–water partition coefficient (Wildman–Crippen LogP) is 2.79. The number of aryl methyl sites for hydroxylation is 1. The summed E-state index contributed by atoms with van der Waals surface area (Å²) in [7, 11) is -1.55. The summed E-state index contributed by atoms with van der Waals surface area (Å²) in [6.45, 7) is 4.28. The van der Waals surface area contributed by atoms with Crippen LogP contribution in [0, 0.1) is 6.92 Å². The fourth-order valence-electron chi connectivity index (χ4n) is 3.29. The second-order valence-electron chi connectivity index (χ2n) is 7.12. The van der Waals surface area contributed by atoms with Crippen molar-refractivity contribution in [3.63, 3.8) is 0 Å². The van der Waals surface area contributed by atoms with Crippen LogP contribution >= 0.6 is 11.3 Å². The van der Waals surface area contributed by atoms with E-state index in [-0.39, 0.29) is 10.8 Å². The standard InChI is InChI=1S/C20H22N4O3S2/c1-14-5-3-4-6-16(14)19(25)22-20-21-17-8-7-15(13-18(17)28-20)29(26,27)24-11-9-23(2)10-12-24/h3-8,13H,9-12H2,1-2H3,(H,21,22,25). The average molecular weight is 431 g/mol. The number of hydrogen-bond acceptors (Lipinski definition) is 6. The molecule has 1 saturated heterocycles. The molecule has 152 valence electrons. The lowest BCUT2D eigenvalue weighted by Gasteiger charge is -2.31. The number of carbonyl (C=O) groups is 1. The summed E-state index contributed by atoms with van der Waals surface area (Å²) in [5.74, 6) is -0.229. The zero-order valence-corrected chi connectivity index (χ0v) is 17.9. The summed E-state index contributed by atoms with van der Waals surface area (Å²) >= 11 is 1.27. The number of piperazine rings is 1. The summed E-state index contributed by atoms with van der Waals surface area (Å²) in [5, 5.41) is 3.26. The van der Waals surface area contributed by atoms with E-state index in [4.69, 9.17) is 0 Å². The Morgan fingerprint density at radius 2 is 1.83 bits per heavy atom. The zero-order chi connectivity index (χ0) is 20.6. The number of benzene rings is 2. The fourth-order valence-corrected chi connectivity index (χ4v) is 5.71. The molecular formula is C20H22N4O3S2. The van der Waals surface area contributed by atoms with Gasteiger partial charge in [0.2, 0.25) is 10.0 Å². The summed E-state index contributed by atoms with van der Waals surface area (Å²) in [5.41, 5.74) is 2.13. The summed E-state index contributed by atoms with van der Waals surface area (Å²) < 4.78 is 28.2. The molecule has 1 N–H and O–H groups in total. The molecule has 1 aromatic heterocycles. The topological polar surface area (TPSA) is 82.6 Å². The zero-order valence-electron chi connectivity index (χ0n) is 16.3. The van der Waals surface area contributed by atoms with E-state index in [1.54, 1.807) is 24.3 Å². The molecule has 9 heteroatoms. The molecule has 2 heterocycles. The van der Waals surface area contributed by atoms with Gasteiger partial charge in [-0.05, 0) is 43.8 Å². The molecule has 1 amide bonds. The first-order valence-electron chi connectivity index (χ1n) is 9.31. The van der Waals surface area contributed by atoms with Gasteiger partial charge in [-0.1, -0.05) is 29.5 Å². The van der Waals surface area contributed by atoms with E-state index >= 15 is 0 Å². The molecule has 1 aliphatic rings. The van der Waals surface area contributed by atoms with Gasteiger partial charge in [0.05, 0.1) is 15.1 Å². The molecule has 3 aromatic rings. The summed E-state index contributed by atoms with van der Waals surface area (Å²) in [6, 6.07) is 12.3. The molecule has 0 unspecified atom stereocenters. The maximum atomic E-state index is 13.0. The van der Waals surface area contributed by atoms with Crippen LogP contribution in [-0.4, -0.2) is 61.7 Å². The fraction of sp³-hybridized carbons (Fsp3) is 0.300. The molecule has 7 nitrogen and oxygen atoms in total. The van der Waals surface area contributed by atoms with Crippen LogP contribution in [0.25, 0.3) is 10.2 Å². The minimum atomic E-state index is -3.54. The highest BCUT2D eigenvalue weighted by atomic mass is 32.2. The number of amides is 1. The van der Waals surface area contributed by atoms with Crippen LogP contribution < -0.4 is 5.32 Å². The largest absolute Gasteiger partial charge is 0.304 e. The number of aromatic nitrogens is 1. The number of nitrogens with one attached hydrogen (secondary N) is 1. The Morgan fingerprint density at radius 1 is 1.10 bits per heavy atom. The Hall–Kier alpha value is -2.33. The van der Waals surface area contributed by atoms with Gasteiger partial charge in [-0.3, -0.25) is 10.1 Å². The third kappa shape index (κ3) is 4.04. The van der Waals surface area contributed by atoms with Gasteiger partial charge in [-0.2, -0.15) is 4.31 Å². The molecule has 0 bridgehead atoms. The Kier molecular flexibility index (Phi) is 5.39. The number of thiazole rings is 1. The third-order valence-electron chi connectivity index (χ3n) is 5.07. The van der Waals surface area contributed by atoms with Gasteiger partial charge in [0.15, 0.2) is 5.13 Å². The van der Waals surface area contributed by atoms with Crippen LogP contribution in [-0.2, 0) is 10.0 Å². The number of rotatable bonds is 4. The lowest BCUT2D eigenvalue weighted by atomic mass is 10.1. The minimum Gasteiger partial charge on any atom is -0.304 e. The second kappa shape index (κ2) is 7.83. The number of anilines is 1. The van der Waals surface area contributed by atoms with Crippen LogP contribution in [0.4, 0.5) is 5.13 Å². The molecule has 0 aliphatic carbocycles. The molecule has 0 atom stereocenters. The van der Waals surface area contributed by atoms with Gasteiger partial charge in [-0.25, -0.2) is 13.4 Å². The molecule has 29 heavy (non-hydrogen) atoms. The van der Waals surface area contributed by atoms with E-state index in [1.165, 1.54) is 15.6 Å². The molecule has 0 spiro atoms. The van der Waals surface area contributed by atoms with Crippen LogP contribution in [0.3, 0.4) is 0 Å². The van der Waals surface area contributed by atoms with Crippen molar-refractivity contribution in [2.24, 2.45) is 0 Å². The van der Waals surface area contributed by atoms with Crippen LogP contribution in [0.2, 0.25) is 0 Å². The van der Waals surface area contributed by atoms with Gasteiger partial charge in [-0.15, -0.1) is 0 Å². The lowest BCUT2D eigenvalue weighted by molar-refractivity contribution is 0.102. The van der Waals surface area contributed by atoms with Crippen molar-refractivity contribution in [3.8, 4) is 0 Å². The highest BCUT2D eigenvalue weighted by Gasteiger charge is 2.27. The quantitative estimate of drug-likeness (QED) is 0.688. The van der Waals surface area contributed by atoms with Crippen LogP contribution in [0.1, 0.15) is 15.9 Å². The first-order valence-corrected chi connectivity index (χ1v) is 11.6. The number of sulfonamides is 1. The van der Waals surface area contributed by atoms with E-state index in [9.17, 15) is 13.2 Å². The smallest absolute Gasteiger partial charge is 0.257 e. The Labute approximate surface area is 174 Å². The third-order valence-corrected chi connectivity index (χ3v) is 7.90. The van der Waals surface area contributed by atoms with Gasteiger partial charge in [0, 0.05) is 31.7 Å². The first kappa shape index (κ1) is 20.0. The van der Waals surface area contributed by atoms with Crippen molar-refractivity contribution >= 4 is 42.6 Å².